The first kappa shape index (κ1) is 12.7. The number of hydrogen-bond donors (Lipinski definition) is 2. The Morgan fingerprint density at radius 2 is 2.11 bits per heavy atom. The third kappa shape index (κ3) is 2.57. The zero-order valence-corrected chi connectivity index (χ0v) is 10.8. The monoisotopic (exact) mass is 288 g/mol. The average molecular weight is 288 g/mol. The average Bonchev–Trinajstić information content (AvgIpc) is 2.71. The summed E-state index contributed by atoms with van der Waals surface area (Å²) in [7, 11) is -3.83. The molecule has 0 saturated heterocycles. The van der Waals surface area contributed by atoms with Gasteiger partial charge in [-0.3, -0.25) is 4.72 Å². The Hall–Kier alpha value is -1.74. The third-order valence-electron chi connectivity index (χ3n) is 2.06. The van der Waals surface area contributed by atoms with E-state index in [-0.39, 0.29) is 15.2 Å². The molecule has 1 aromatic carbocycles. The summed E-state index contributed by atoms with van der Waals surface area (Å²) < 4.78 is 38.8. The molecule has 0 amide bonds. The fourth-order valence-electron chi connectivity index (χ4n) is 1.24. The molecule has 1 heterocycles. The highest BCUT2D eigenvalue weighted by Gasteiger charge is 2.19. The van der Waals surface area contributed by atoms with Crippen LogP contribution in [0.2, 0.25) is 0 Å². The first-order valence-corrected chi connectivity index (χ1v) is 7.06. The van der Waals surface area contributed by atoms with Gasteiger partial charge in [0.25, 0.3) is 14.4 Å². The van der Waals surface area contributed by atoms with Crippen molar-refractivity contribution < 1.29 is 12.8 Å². The highest BCUT2D eigenvalue weighted by atomic mass is 32.2. The zero-order valence-electron chi connectivity index (χ0n) is 9.21. The van der Waals surface area contributed by atoms with Gasteiger partial charge in [-0.15, -0.1) is 10.2 Å². The van der Waals surface area contributed by atoms with Crippen LogP contribution in [0.5, 0.6) is 0 Å². The Morgan fingerprint density at radius 3 is 2.67 bits per heavy atom. The van der Waals surface area contributed by atoms with Crippen molar-refractivity contribution in [3.8, 4) is 0 Å². The molecule has 0 spiro atoms. The molecule has 0 aliphatic heterocycles. The van der Waals surface area contributed by atoms with Gasteiger partial charge in [-0.25, -0.2) is 4.39 Å². The summed E-state index contributed by atoms with van der Waals surface area (Å²) in [6.07, 6.45) is 0. The lowest BCUT2D eigenvalue weighted by atomic mass is 10.2. The molecule has 0 aliphatic rings. The maximum Gasteiger partial charge on any atom is 0.291 e. The summed E-state index contributed by atoms with van der Waals surface area (Å²) in [5.74, 6) is -0.405. The summed E-state index contributed by atoms with van der Waals surface area (Å²) in [5, 5.41) is 6.93. The Balaban J connectivity index is 2.30. The lowest BCUT2D eigenvalue weighted by Crippen LogP contribution is -2.12. The standard InChI is InChI=1S/C9H9FN4O2S2/c1-5-4-6(2-3-7(5)10)14-18(15,16)9-13-12-8(11)17-9/h2-4,14H,1H3,(H2,11,12). The van der Waals surface area contributed by atoms with Crippen molar-refractivity contribution in [1.29, 1.82) is 0 Å². The van der Waals surface area contributed by atoms with E-state index in [0.29, 0.717) is 5.56 Å². The molecule has 0 unspecified atom stereocenters. The van der Waals surface area contributed by atoms with Crippen LogP contribution in [0.15, 0.2) is 22.5 Å². The largest absolute Gasteiger partial charge is 0.374 e. The first-order chi connectivity index (χ1) is 8.38. The molecule has 0 fully saturated rings. The minimum atomic E-state index is -3.83. The van der Waals surface area contributed by atoms with Crippen LogP contribution in [0, 0.1) is 12.7 Å². The highest BCUT2D eigenvalue weighted by molar-refractivity contribution is 7.94. The molecule has 6 nitrogen and oxygen atoms in total. The van der Waals surface area contributed by atoms with Crippen molar-refractivity contribution in [2.45, 2.75) is 11.3 Å². The van der Waals surface area contributed by atoms with Crippen LogP contribution in [-0.4, -0.2) is 18.6 Å². The third-order valence-corrected chi connectivity index (χ3v) is 4.56. The molecular weight excluding hydrogens is 279 g/mol. The van der Waals surface area contributed by atoms with Crippen LogP contribution in [0.25, 0.3) is 0 Å². The van der Waals surface area contributed by atoms with Crippen LogP contribution >= 0.6 is 11.3 Å². The number of anilines is 2. The minimum absolute atomic E-state index is 0.0608. The molecule has 2 rings (SSSR count). The Morgan fingerprint density at radius 1 is 1.39 bits per heavy atom. The second-order valence-corrected chi connectivity index (χ2v) is 6.34. The number of hydrogen-bond acceptors (Lipinski definition) is 6. The maximum absolute atomic E-state index is 13.0. The van der Waals surface area contributed by atoms with Crippen LogP contribution in [-0.2, 0) is 10.0 Å². The second-order valence-electron chi connectivity index (χ2n) is 3.48. The van der Waals surface area contributed by atoms with Gasteiger partial charge < -0.3 is 5.73 Å². The van der Waals surface area contributed by atoms with Crippen molar-refractivity contribution in [3.05, 3.63) is 29.6 Å². The van der Waals surface area contributed by atoms with Gasteiger partial charge in [-0.1, -0.05) is 11.3 Å². The summed E-state index contributed by atoms with van der Waals surface area (Å²) in [6.45, 7) is 1.54. The van der Waals surface area contributed by atoms with Crippen molar-refractivity contribution in [3.63, 3.8) is 0 Å². The number of sulfonamides is 1. The van der Waals surface area contributed by atoms with E-state index in [4.69, 9.17) is 5.73 Å². The zero-order chi connectivity index (χ0) is 13.3. The summed E-state index contributed by atoms with van der Waals surface area (Å²) >= 11 is 0.752. The fourth-order valence-corrected chi connectivity index (χ4v) is 3.07. The van der Waals surface area contributed by atoms with Gasteiger partial charge >= 0.3 is 0 Å². The molecule has 1 aromatic heterocycles. The molecule has 3 N–H and O–H groups in total. The van der Waals surface area contributed by atoms with Gasteiger partial charge in [0.2, 0.25) is 5.13 Å². The molecule has 0 aliphatic carbocycles. The van der Waals surface area contributed by atoms with E-state index >= 15 is 0 Å². The van der Waals surface area contributed by atoms with Crippen molar-refractivity contribution in [1.82, 2.24) is 10.2 Å². The Bertz CT molecular complexity index is 684. The number of aryl methyl sites for hydroxylation is 1. The lowest BCUT2D eigenvalue weighted by Gasteiger charge is -2.06. The number of rotatable bonds is 3. The number of aromatic nitrogens is 2. The quantitative estimate of drug-likeness (QED) is 0.888. The predicted molar refractivity (Wildman–Crippen MR) is 66.3 cm³/mol. The molecule has 18 heavy (non-hydrogen) atoms. The number of benzene rings is 1. The molecular formula is C9H9FN4O2S2. The summed E-state index contributed by atoms with van der Waals surface area (Å²) in [5.41, 5.74) is 5.91. The van der Waals surface area contributed by atoms with Crippen LogP contribution < -0.4 is 10.5 Å². The van der Waals surface area contributed by atoms with Crippen molar-refractivity contribution >= 4 is 32.2 Å². The maximum atomic E-state index is 13.0. The van der Waals surface area contributed by atoms with Crippen molar-refractivity contribution in [2.24, 2.45) is 0 Å². The number of nitrogens with two attached hydrogens (primary N) is 1. The molecule has 2 aromatic rings. The summed E-state index contributed by atoms with van der Waals surface area (Å²) in [4.78, 5) is 0. The van der Waals surface area contributed by atoms with E-state index in [0.717, 1.165) is 11.3 Å². The summed E-state index contributed by atoms with van der Waals surface area (Å²) in [6, 6.07) is 3.89. The number of nitrogen functional groups attached to an aromatic ring is 1. The highest BCUT2D eigenvalue weighted by Crippen LogP contribution is 2.21. The topological polar surface area (TPSA) is 98.0 Å². The van der Waals surface area contributed by atoms with E-state index in [9.17, 15) is 12.8 Å². The fraction of sp³-hybridized carbons (Fsp3) is 0.111. The number of halogens is 1. The van der Waals surface area contributed by atoms with Gasteiger partial charge in [0.05, 0.1) is 0 Å². The van der Waals surface area contributed by atoms with Gasteiger partial charge in [0.1, 0.15) is 5.82 Å². The smallest absolute Gasteiger partial charge is 0.291 e. The molecule has 96 valence electrons. The molecule has 0 saturated carbocycles. The van der Waals surface area contributed by atoms with Gasteiger partial charge in [0, 0.05) is 5.69 Å². The lowest BCUT2D eigenvalue weighted by molar-refractivity contribution is 0.599. The first-order valence-electron chi connectivity index (χ1n) is 4.76. The Labute approximate surface area is 107 Å². The Kier molecular flexibility index (Phi) is 3.18. The van der Waals surface area contributed by atoms with Gasteiger partial charge in [0.15, 0.2) is 0 Å². The molecule has 0 atom stereocenters. The SMILES string of the molecule is Cc1cc(NS(=O)(=O)c2nnc(N)s2)ccc1F. The predicted octanol–water partition coefficient (Wildman–Crippen LogP) is 1.37. The molecule has 0 bridgehead atoms. The second kappa shape index (κ2) is 4.50. The molecule has 0 radical (unpaired) electrons. The van der Waals surface area contributed by atoms with Crippen LogP contribution in [0.1, 0.15) is 5.56 Å². The normalized spacial score (nSPS) is 11.4. The number of nitrogens with one attached hydrogen (secondary N) is 1. The van der Waals surface area contributed by atoms with Gasteiger partial charge in [-0.05, 0) is 30.7 Å². The van der Waals surface area contributed by atoms with E-state index in [1.54, 1.807) is 0 Å². The van der Waals surface area contributed by atoms with E-state index < -0.39 is 15.8 Å². The van der Waals surface area contributed by atoms with E-state index in [1.807, 2.05) is 0 Å². The van der Waals surface area contributed by atoms with E-state index in [1.165, 1.54) is 25.1 Å². The van der Waals surface area contributed by atoms with E-state index in [2.05, 4.69) is 14.9 Å². The van der Waals surface area contributed by atoms with Crippen LogP contribution in [0.3, 0.4) is 0 Å². The molecule has 9 heteroatoms. The van der Waals surface area contributed by atoms with Gasteiger partial charge in [-0.2, -0.15) is 8.42 Å². The van der Waals surface area contributed by atoms with Crippen LogP contribution in [0.4, 0.5) is 15.2 Å². The van der Waals surface area contributed by atoms with Crippen molar-refractivity contribution in [2.75, 3.05) is 10.5 Å². The number of nitrogens with zero attached hydrogens (tertiary/aromatic N) is 2. The minimum Gasteiger partial charge on any atom is -0.374 e.